The van der Waals surface area contributed by atoms with E-state index in [-0.39, 0.29) is 30.6 Å². The Kier molecular flexibility index (Phi) is 5.94. The molecule has 1 aromatic rings. The van der Waals surface area contributed by atoms with E-state index in [2.05, 4.69) is 15.9 Å². The Bertz CT molecular complexity index is 564. The lowest BCUT2D eigenvalue weighted by Crippen LogP contribution is -2.44. The van der Waals surface area contributed by atoms with E-state index in [4.69, 9.17) is 5.11 Å². The fraction of sp³-hybridized carbons (Fsp3) is 0.500. The second-order valence-corrected chi connectivity index (χ2v) is 6.44. The molecule has 1 aliphatic rings. The predicted molar refractivity (Wildman–Crippen MR) is 84.0 cm³/mol. The maximum Gasteiger partial charge on any atom is 0.303 e. The number of hydrogen-bond donors (Lipinski definition) is 1. The molecule has 1 heterocycles. The minimum atomic E-state index is -0.842. The minimum Gasteiger partial charge on any atom is -0.481 e. The third kappa shape index (κ3) is 4.53. The first-order valence-electron chi connectivity index (χ1n) is 7.42. The van der Waals surface area contributed by atoms with Gasteiger partial charge in [-0.1, -0.05) is 15.9 Å². The second-order valence-electron chi connectivity index (χ2n) is 5.58. The summed E-state index contributed by atoms with van der Waals surface area (Å²) in [6, 6.07) is 4.27. The van der Waals surface area contributed by atoms with E-state index in [1.165, 1.54) is 12.1 Å². The third-order valence-corrected chi connectivity index (χ3v) is 4.76. The quantitative estimate of drug-likeness (QED) is 0.862. The van der Waals surface area contributed by atoms with Gasteiger partial charge in [0.25, 0.3) is 0 Å². The summed E-state index contributed by atoms with van der Waals surface area (Å²) in [4.78, 5) is 25.0. The van der Waals surface area contributed by atoms with Gasteiger partial charge in [0, 0.05) is 23.5 Å². The number of carbonyl (C=O) groups excluding carboxylic acids is 1. The molecular formula is C16H19BrFNO3. The molecule has 1 saturated heterocycles. The standard InChI is InChI=1S/C16H19BrFNO3/c17-14-6-4-12(18)9-11(14)10-15(20)19-8-2-1-3-13(19)5-7-16(21)22/h4,6,9,13H,1-3,5,7-8,10H2,(H,21,22). The number of halogens is 2. The van der Waals surface area contributed by atoms with Crippen molar-refractivity contribution in [3.05, 3.63) is 34.1 Å². The summed E-state index contributed by atoms with van der Waals surface area (Å²) in [7, 11) is 0. The number of benzene rings is 1. The number of nitrogens with zero attached hydrogens (tertiary/aromatic N) is 1. The first-order chi connectivity index (χ1) is 10.5. The van der Waals surface area contributed by atoms with Gasteiger partial charge in [-0.2, -0.15) is 0 Å². The fourth-order valence-corrected chi connectivity index (χ4v) is 3.25. The van der Waals surface area contributed by atoms with Gasteiger partial charge in [-0.15, -0.1) is 0 Å². The molecule has 1 N–H and O–H groups in total. The normalized spacial score (nSPS) is 18.3. The van der Waals surface area contributed by atoms with Gasteiger partial charge in [0.05, 0.1) is 6.42 Å². The number of carboxylic acids is 1. The lowest BCUT2D eigenvalue weighted by atomic mass is 9.97. The summed E-state index contributed by atoms with van der Waals surface area (Å²) in [6.45, 7) is 0.649. The zero-order valence-electron chi connectivity index (χ0n) is 12.2. The topological polar surface area (TPSA) is 57.6 Å². The third-order valence-electron chi connectivity index (χ3n) is 3.99. The summed E-state index contributed by atoms with van der Waals surface area (Å²) < 4.78 is 14.0. The zero-order chi connectivity index (χ0) is 16.1. The van der Waals surface area contributed by atoms with E-state index in [0.717, 1.165) is 19.3 Å². The Balaban J connectivity index is 2.05. The van der Waals surface area contributed by atoms with Gasteiger partial charge >= 0.3 is 5.97 Å². The molecule has 2 rings (SSSR count). The van der Waals surface area contributed by atoms with E-state index < -0.39 is 5.97 Å². The van der Waals surface area contributed by atoms with Crippen molar-refractivity contribution >= 4 is 27.8 Å². The van der Waals surface area contributed by atoms with E-state index in [1.807, 2.05) is 0 Å². The lowest BCUT2D eigenvalue weighted by Gasteiger charge is -2.36. The number of carbonyl (C=O) groups is 2. The summed E-state index contributed by atoms with van der Waals surface area (Å²) in [5.74, 6) is -1.28. The molecule has 0 radical (unpaired) electrons. The number of piperidine rings is 1. The number of hydrogen-bond acceptors (Lipinski definition) is 2. The van der Waals surface area contributed by atoms with Gasteiger partial charge in [0.1, 0.15) is 5.82 Å². The van der Waals surface area contributed by atoms with Crippen molar-refractivity contribution in [3.63, 3.8) is 0 Å². The molecule has 1 aromatic carbocycles. The second kappa shape index (κ2) is 7.72. The predicted octanol–water partition coefficient (Wildman–Crippen LogP) is 3.38. The van der Waals surface area contributed by atoms with E-state index in [0.29, 0.717) is 23.0 Å². The van der Waals surface area contributed by atoms with Gasteiger partial charge in [-0.05, 0) is 49.4 Å². The van der Waals surface area contributed by atoms with Crippen molar-refractivity contribution in [3.8, 4) is 0 Å². The first kappa shape index (κ1) is 16.9. The van der Waals surface area contributed by atoms with Gasteiger partial charge < -0.3 is 10.0 Å². The summed E-state index contributed by atoms with van der Waals surface area (Å²) in [6.07, 6.45) is 3.45. The maximum atomic E-state index is 13.3. The van der Waals surface area contributed by atoms with Crippen LogP contribution in [0.15, 0.2) is 22.7 Å². The summed E-state index contributed by atoms with van der Waals surface area (Å²) >= 11 is 3.33. The van der Waals surface area contributed by atoms with Crippen LogP contribution in [0.25, 0.3) is 0 Å². The largest absolute Gasteiger partial charge is 0.481 e. The molecule has 0 aliphatic carbocycles. The van der Waals surface area contributed by atoms with Crippen LogP contribution in [0.4, 0.5) is 4.39 Å². The highest BCUT2D eigenvalue weighted by atomic mass is 79.9. The number of amides is 1. The van der Waals surface area contributed by atoms with E-state index in [9.17, 15) is 14.0 Å². The number of aliphatic carboxylic acids is 1. The highest BCUT2D eigenvalue weighted by Crippen LogP contribution is 2.24. The Labute approximate surface area is 137 Å². The van der Waals surface area contributed by atoms with Gasteiger partial charge in [0.2, 0.25) is 5.91 Å². The lowest BCUT2D eigenvalue weighted by molar-refractivity contribution is -0.139. The fourth-order valence-electron chi connectivity index (χ4n) is 2.86. The van der Waals surface area contributed by atoms with Crippen molar-refractivity contribution in [1.82, 2.24) is 4.90 Å². The van der Waals surface area contributed by atoms with Crippen molar-refractivity contribution in [2.45, 2.75) is 44.6 Å². The first-order valence-corrected chi connectivity index (χ1v) is 8.22. The van der Waals surface area contributed by atoms with Crippen LogP contribution < -0.4 is 0 Å². The Morgan fingerprint density at radius 1 is 1.36 bits per heavy atom. The van der Waals surface area contributed by atoms with Gasteiger partial charge in [0.15, 0.2) is 0 Å². The van der Waals surface area contributed by atoms with Crippen LogP contribution in [0.2, 0.25) is 0 Å². The molecule has 1 aliphatic heterocycles. The Hall–Kier alpha value is -1.43. The van der Waals surface area contributed by atoms with Crippen LogP contribution in [0, 0.1) is 5.82 Å². The van der Waals surface area contributed by atoms with E-state index >= 15 is 0 Å². The molecule has 4 nitrogen and oxygen atoms in total. The van der Waals surface area contributed by atoms with Crippen molar-refractivity contribution in [2.24, 2.45) is 0 Å². The highest BCUT2D eigenvalue weighted by molar-refractivity contribution is 9.10. The van der Waals surface area contributed by atoms with Crippen LogP contribution in [-0.2, 0) is 16.0 Å². The van der Waals surface area contributed by atoms with Crippen LogP contribution in [0.5, 0.6) is 0 Å². The molecular weight excluding hydrogens is 353 g/mol. The molecule has 1 unspecified atom stereocenters. The maximum absolute atomic E-state index is 13.3. The SMILES string of the molecule is O=C(O)CCC1CCCCN1C(=O)Cc1cc(F)ccc1Br. The van der Waals surface area contributed by atoms with Gasteiger partial charge in [-0.25, -0.2) is 4.39 Å². The molecule has 1 amide bonds. The highest BCUT2D eigenvalue weighted by Gasteiger charge is 2.27. The molecule has 6 heteroatoms. The van der Waals surface area contributed by atoms with Crippen LogP contribution in [0.3, 0.4) is 0 Å². The average Bonchev–Trinajstić information content (AvgIpc) is 2.49. The molecule has 120 valence electrons. The number of likely N-dealkylation sites (tertiary alicyclic amines) is 1. The average molecular weight is 372 g/mol. The molecule has 1 fully saturated rings. The summed E-state index contributed by atoms with van der Waals surface area (Å²) in [5, 5.41) is 8.82. The zero-order valence-corrected chi connectivity index (χ0v) is 13.8. The molecule has 0 spiro atoms. The number of carboxylic acid groups (broad SMARTS) is 1. The molecule has 0 saturated carbocycles. The minimum absolute atomic E-state index is 0.0234. The van der Waals surface area contributed by atoms with Crippen LogP contribution in [0.1, 0.15) is 37.7 Å². The molecule has 22 heavy (non-hydrogen) atoms. The molecule has 0 bridgehead atoms. The van der Waals surface area contributed by atoms with Crippen LogP contribution in [-0.4, -0.2) is 34.5 Å². The molecule has 0 aromatic heterocycles. The Morgan fingerprint density at radius 2 is 2.14 bits per heavy atom. The molecule has 1 atom stereocenters. The van der Waals surface area contributed by atoms with Crippen LogP contribution >= 0.6 is 15.9 Å². The Morgan fingerprint density at radius 3 is 2.86 bits per heavy atom. The van der Waals surface area contributed by atoms with Crippen molar-refractivity contribution < 1.29 is 19.1 Å². The monoisotopic (exact) mass is 371 g/mol. The number of rotatable bonds is 5. The smallest absolute Gasteiger partial charge is 0.303 e. The summed E-state index contributed by atoms with van der Waals surface area (Å²) in [5.41, 5.74) is 0.618. The van der Waals surface area contributed by atoms with E-state index in [1.54, 1.807) is 11.0 Å². The van der Waals surface area contributed by atoms with Crippen molar-refractivity contribution in [2.75, 3.05) is 6.54 Å². The van der Waals surface area contributed by atoms with Gasteiger partial charge in [-0.3, -0.25) is 9.59 Å². The van der Waals surface area contributed by atoms with Crippen molar-refractivity contribution in [1.29, 1.82) is 0 Å².